The molecule has 0 aromatic carbocycles. The third kappa shape index (κ3) is 3.01. The summed E-state index contributed by atoms with van der Waals surface area (Å²) >= 11 is 0. The number of nitrogens with zero attached hydrogens (tertiary/aromatic N) is 2. The average Bonchev–Trinajstić information content (AvgIpc) is 2.29. The highest BCUT2D eigenvalue weighted by Crippen LogP contribution is 2.05. The zero-order valence-corrected chi connectivity index (χ0v) is 9.35. The molecule has 2 heterocycles. The normalized spacial score (nSPS) is 16.6. The molecule has 1 aliphatic rings. The van der Waals surface area contributed by atoms with E-state index in [0.717, 1.165) is 12.1 Å². The lowest BCUT2D eigenvalue weighted by Crippen LogP contribution is -2.47. The van der Waals surface area contributed by atoms with Crippen molar-refractivity contribution in [1.29, 1.82) is 0 Å². The van der Waals surface area contributed by atoms with Crippen LogP contribution in [0.4, 0.5) is 0 Å². The second-order valence-electron chi connectivity index (χ2n) is 3.98. The summed E-state index contributed by atoms with van der Waals surface area (Å²) in [6.45, 7) is 2.55. The van der Waals surface area contributed by atoms with E-state index in [0.29, 0.717) is 19.6 Å². The first kappa shape index (κ1) is 11.5. The van der Waals surface area contributed by atoms with Gasteiger partial charge in [-0.25, -0.2) is 0 Å². The largest absolute Gasteiger partial charge is 0.364 e. The predicted molar refractivity (Wildman–Crippen MR) is 61.0 cm³/mol. The minimum atomic E-state index is -0.533. The molecule has 6 heteroatoms. The van der Waals surface area contributed by atoms with Crippen molar-refractivity contribution in [2.45, 2.75) is 6.54 Å². The van der Waals surface area contributed by atoms with E-state index in [1.807, 2.05) is 4.90 Å². The number of carbonyl (C=O) groups excluding carboxylic acids is 2. The van der Waals surface area contributed by atoms with Gasteiger partial charge in [0.2, 0.25) is 5.91 Å². The number of hydrogen-bond donors (Lipinski definition) is 2. The van der Waals surface area contributed by atoms with Crippen molar-refractivity contribution in [2.24, 2.45) is 5.73 Å². The van der Waals surface area contributed by atoms with Crippen molar-refractivity contribution < 1.29 is 9.59 Å². The molecule has 0 radical (unpaired) electrons. The molecule has 1 fully saturated rings. The lowest BCUT2D eigenvalue weighted by Gasteiger charge is -2.26. The molecule has 1 aromatic rings. The maximum absolute atomic E-state index is 11.2. The minimum Gasteiger partial charge on any atom is -0.364 e. The van der Waals surface area contributed by atoms with E-state index in [-0.39, 0.29) is 11.6 Å². The van der Waals surface area contributed by atoms with Crippen molar-refractivity contribution in [3.05, 3.63) is 29.6 Å². The number of carbonyl (C=O) groups is 2. The second-order valence-corrected chi connectivity index (χ2v) is 3.98. The van der Waals surface area contributed by atoms with Crippen molar-refractivity contribution in [1.82, 2.24) is 15.2 Å². The predicted octanol–water partition coefficient (Wildman–Crippen LogP) is -0.888. The molecule has 3 N–H and O–H groups in total. The number of rotatable bonds is 3. The molecule has 1 aliphatic heterocycles. The van der Waals surface area contributed by atoms with Crippen LogP contribution >= 0.6 is 0 Å². The van der Waals surface area contributed by atoms with Gasteiger partial charge in [0, 0.05) is 25.8 Å². The molecular formula is C11H14N4O2. The summed E-state index contributed by atoms with van der Waals surface area (Å²) in [4.78, 5) is 28.0. The Morgan fingerprint density at radius 1 is 1.53 bits per heavy atom. The number of hydrogen-bond acceptors (Lipinski definition) is 4. The van der Waals surface area contributed by atoms with Crippen LogP contribution in [0.1, 0.15) is 16.1 Å². The van der Waals surface area contributed by atoms with E-state index in [2.05, 4.69) is 10.3 Å². The van der Waals surface area contributed by atoms with Gasteiger partial charge in [-0.15, -0.1) is 0 Å². The molecule has 0 spiro atoms. The van der Waals surface area contributed by atoms with Crippen LogP contribution in [-0.2, 0) is 11.3 Å². The topological polar surface area (TPSA) is 88.3 Å². The summed E-state index contributed by atoms with van der Waals surface area (Å²) in [5.41, 5.74) is 6.32. The Kier molecular flexibility index (Phi) is 3.34. The van der Waals surface area contributed by atoms with Crippen molar-refractivity contribution in [3.8, 4) is 0 Å². The first-order valence-electron chi connectivity index (χ1n) is 5.39. The Hall–Kier alpha value is -1.95. The van der Waals surface area contributed by atoms with Crippen LogP contribution in [0, 0.1) is 0 Å². The van der Waals surface area contributed by atoms with Crippen LogP contribution in [0.2, 0.25) is 0 Å². The fourth-order valence-electron chi connectivity index (χ4n) is 1.75. The smallest absolute Gasteiger partial charge is 0.267 e. The van der Waals surface area contributed by atoms with Gasteiger partial charge in [0.15, 0.2) is 0 Å². The van der Waals surface area contributed by atoms with Gasteiger partial charge >= 0.3 is 0 Å². The Bertz CT molecular complexity index is 430. The third-order valence-corrected chi connectivity index (χ3v) is 2.60. The molecule has 2 rings (SSSR count). The van der Waals surface area contributed by atoms with E-state index in [1.54, 1.807) is 18.3 Å². The summed E-state index contributed by atoms with van der Waals surface area (Å²) in [6.07, 6.45) is 1.62. The van der Waals surface area contributed by atoms with Crippen molar-refractivity contribution in [3.63, 3.8) is 0 Å². The van der Waals surface area contributed by atoms with Crippen LogP contribution in [-0.4, -0.2) is 41.3 Å². The number of nitrogens with one attached hydrogen (secondary N) is 1. The zero-order valence-electron chi connectivity index (χ0n) is 9.35. The Morgan fingerprint density at radius 2 is 2.35 bits per heavy atom. The summed E-state index contributed by atoms with van der Waals surface area (Å²) in [5.74, 6) is -0.494. The minimum absolute atomic E-state index is 0.0398. The molecule has 0 atom stereocenters. The molecule has 1 saturated heterocycles. The van der Waals surface area contributed by atoms with Crippen LogP contribution in [0.15, 0.2) is 18.3 Å². The quantitative estimate of drug-likeness (QED) is 0.710. The van der Waals surface area contributed by atoms with Gasteiger partial charge < -0.3 is 11.1 Å². The fraction of sp³-hybridized carbons (Fsp3) is 0.364. The van der Waals surface area contributed by atoms with Gasteiger partial charge in [-0.2, -0.15) is 0 Å². The highest BCUT2D eigenvalue weighted by atomic mass is 16.2. The molecule has 90 valence electrons. The van der Waals surface area contributed by atoms with E-state index >= 15 is 0 Å². The van der Waals surface area contributed by atoms with E-state index in [4.69, 9.17) is 5.73 Å². The van der Waals surface area contributed by atoms with Gasteiger partial charge in [-0.3, -0.25) is 19.5 Å². The lowest BCUT2D eigenvalue weighted by molar-refractivity contribution is -0.124. The second kappa shape index (κ2) is 4.92. The fourth-order valence-corrected chi connectivity index (χ4v) is 1.75. The van der Waals surface area contributed by atoms with Gasteiger partial charge in [-0.1, -0.05) is 6.07 Å². The Morgan fingerprint density at radius 3 is 2.94 bits per heavy atom. The summed E-state index contributed by atoms with van der Waals surface area (Å²) in [6, 6.07) is 3.40. The maximum Gasteiger partial charge on any atom is 0.267 e. The zero-order chi connectivity index (χ0) is 12.3. The monoisotopic (exact) mass is 234 g/mol. The number of primary amides is 1. The van der Waals surface area contributed by atoms with Crippen molar-refractivity contribution >= 4 is 11.8 Å². The SMILES string of the molecule is NC(=O)c1ccc(CN2CCNC(=O)C2)cn1. The van der Waals surface area contributed by atoms with Crippen LogP contribution in [0.3, 0.4) is 0 Å². The first-order valence-corrected chi connectivity index (χ1v) is 5.39. The molecule has 6 nitrogen and oxygen atoms in total. The first-order chi connectivity index (χ1) is 8.15. The van der Waals surface area contributed by atoms with Crippen LogP contribution in [0.5, 0.6) is 0 Å². The number of amides is 2. The highest BCUT2D eigenvalue weighted by Gasteiger charge is 2.16. The van der Waals surface area contributed by atoms with Crippen molar-refractivity contribution in [2.75, 3.05) is 19.6 Å². The van der Waals surface area contributed by atoms with Gasteiger partial charge in [-0.05, 0) is 11.6 Å². The standard InChI is InChI=1S/C11H14N4O2/c12-11(17)9-2-1-8(5-14-9)6-15-4-3-13-10(16)7-15/h1-2,5H,3-4,6-7H2,(H2,12,17)(H,13,16). The summed E-state index contributed by atoms with van der Waals surface area (Å²) in [7, 11) is 0. The molecule has 0 saturated carbocycles. The molecule has 17 heavy (non-hydrogen) atoms. The number of aromatic nitrogens is 1. The number of nitrogens with two attached hydrogens (primary N) is 1. The highest BCUT2D eigenvalue weighted by molar-refractivity contribution is 5.90. The van der Waals surface area contributed by atoms with Gasteiger partial charge in [0.05, 0.1) is 6.54 Å². The molecule has 0 aliphatic carbocycles. The van der Waals surface area contributed by atoms with E-state index in [1.165, 1.54) is 0 Å². The van der Waals surface area contributed by atoms with Crippen LogP contribution < -0.4 is 11.1 Å². The molecule has 2 amide bonds. The van der Waals surface area contributed by atoms with Gasteiger partial charge in [0.25, 0.3) is 5.91 Å². The maximum atomic E-state index is 11.2. The summed E-state index contributed by atoms with van der Waals surface area (Å²) in [5, 5.41) is 2.76. The molecule has 0 unspecified atom stereocenters. The lowest BCUT2D eigenvalue weighted by atomic mass is 10.2. The van der Waals surface area contributed by atoms with Gasteiger partial charge in [0.1, 0.15) is 5.69 Å². The molecule has 1 aromatic heterocycles. The van der Waals surface area contributed by atoms with E-state index < -0.39 is 5.91 Å². The molecular weight excluding hydrogens is 220 g/mol. The number of pyridine rings is 1. The van der Waals surface area contributed by atoms with Crippen LogP contribution in [0.25, 0.3) is 0 Å². The number of piperazine rings is 1. The Labute approximate surface area is 98.8 Å². The van der Waals surface area contributed by atoms with E-state index in [9.17, 15) is 9.59 Å². The average molecular weight is 234 g/mol. The molecule has 0 bridgehead atoms. The third-order valence-electron chi connectivity index (χ3n) is 2.60. The summed E-state index contributed by atoms with van der Waals surface area (Å²) < 4.78 is 0. The Balaban J connectivity index is 1.98.